The van der Waals surface area contributed by atoms with Crippen molar-refractivity contribution in [1.82, 2.24) is 10.4 Å². The van der Waals surface area contributed by atoms with Crippen molar-refractivity contribution < 1.29 is 45.1 Å². The summed E-state index contributed by atoms with van der Waals surface area (Å²) in [5.74, 6) is -5.78. The minimum atomic E-state index is -5.60. The molecule has 0 aliphatic carbocycles. The summed E-state index contributed by atoms with van der Waals surface area (Å²) in [7, 11) is -2.66. The second kappa shape index (κ2) is 12.9. The maximum Gasteiger partial charge on any atom is 0.453 e. The summed E-state index contributed by atoms with van der Waals surface area (Å²) in [5.41, 5.74) is 2.97. The van der Waals surface area contributed by atoms with E-state index in [0.29, 0.717) is 42.9 Å². The summed E-state index contributed by atoms with van der Waals surface area (Å²) in [6.45, 7) is 1.66. The molecule has 0 atom stereocenters. The predicted octanol–water partition coefficient (Wildman–Crippen LogP) is 4.67. The van der Waals surface area contributed by atoms with Gasteiger partial charge in [-0.2, -0.15) is 22.0 Å². The van der Waals surface area contributed by atoms with Crippen LogP contribution >= 0.6 is 12.4 Å². The third kappa shape index (κ3) is 7.07. The fourth-order valence-electron chi connectivity index (χ4n) is 4.44. The number of aryl methyl sites for hydroxylation is 1. The van der Waals surface area contributed by atoms with Crippen LogP contribution in [-0.4, -0.2) is 74.6 Å². The van der Waals surface area contributed by atoms with E-state index in [1.54, 1.807) is 19.2 Å². The normalized spacial score (nSPS) is 16.4. The van der Waals surface area contributed by atoms with Crippen LogP contribution in [-0.2, 0) is 25.8 Å². The third-order valence-corrected chi connectivity index (χ3v) is 9.41. The van der Waals surface area contributed by atoms with E-state index in [1.807, 2.05) is 4.90 Å². The van der Waals surface area contributed by atoms with E-state index in [1.165, 1.54) is 41.9 Å². The van der Waals surface area contributed by atoms with Crippen molar-refractivity contribution >= 4 is 28.2 Å². The number of piperidine rings is 1. The second-order valence-corrected chi connectivity index (χ2v) is 11.5. The number of carbonyl (C=O) groups excluding carboxylic acids is 1. The molecule has 3 rings (SSSR count). The quantitative estimate of drug-likeness (QED) is 0.234. The minimum absolute atomic E-state index is 0. The number of alkyl halides is 5. The van der Waals surface area contributed by atoms with E-state index in [9.17, 15) is 40.4 Å². The average Bonchev–Trinajstić information content (AvgIpc) is 2.90. The summed E-state index contributed by atoms with van der Waals surface area (Å²) in [5, 5.41) is 9.31. The molecule has 0 bridgehead atoms. The van der Waals surface area contributed by atoms with Gasteiger partial charge in [0.25, 0.3) is 5.91 Å². The fourth-order valence-corrected chi connectivity index (χ4v) is 6.39. The molecule has 2 aromatic rings. The number of hydrogen-bond donors (Lipinski definition) is 2. The van der Waals surface area contributed by atoms with Gasteiger partial charge in [0.1, 0.15) is 0 Å². The predicted molar refractivity (Wildman–Crippen MR) is 136 cm³/mol. The molecule has 7 nitrogen and oxygen atoms in total. The summed E-state index contributed by atoms with van der Waals surface area (Å²) < 4.78 is 93.8. The molecule has 1 aliphatic heterocycles. The van der Waals surface area contributed by atoms with Gasteiger partial charge in [-0.1, -0.05) is 36.4 Å². The van der Waals surface area contributed by atoms with Crippen LogP contribution in [0.1, 0.15) is 24.8 Å². The molecule has 0 aromatic heterocycles. The van der Waals surface area contributed by atoms with Crippen molar-refractivity contribution in [3.8, 4) is 11.1 Å². The number of amides is 1. The van der Waals surface area contributed by atoms with Gasteiger partial charge in [-0.25, -0.2) is 13.9 Å². The molecule has 0 radical (unpaired) electrons. The number of sulfone groups is 1. The first kappa shape index (κ1) is 32.9. The number of nitrogens with zero attached hydrogens (tertiary/aromatic N) is 1. The summed E-state index contributed by atoms with van der Waals surface area (Å²) in [4.78, 5) is 14.5. The number of benzene rings is 2. The molecule has 2 N–H and O–H groups in total. The van der Waals surface area contributed by atoms with Gasteiger partial charge in [-0.15, -0.1) is 12.4 Å². The summed E-state index contributed by atoms with van der Waals surface area (Å²) in [6.07, 6.45) is -7.49. The number of methoxy groups -OCH3 is 1. The van der Waals surface area contributed by atoms with E-state index in [2.05, 4.69) is 0 Å². The Kier molecular flexibility index (Phi) is 10.9. The van der Waals surface area contributed by atoms with Gasteiger partial charge in [0.2, 0.25) is 0 Å². The van der Waals surface area contributed by atoms with Crippen LogP contribution in [0.5, 0.6) is 0 Å². The number of nitrogens with one attached hydrogen (secondary N) is 1. The largest absolute Gasteiger partial charge is 0.453 e. The highest BCUT2D eigenvalue weighted by Gasteiger charge is 2.56. The maximum atomic E-state index is 13.6. The molecular weight excluding hydrogens is 571 g/mol. The van der Waals surface area contributed by atoms with Crippen molar-refractivity contribution in [3.63, 3.8) is 0 Å². The van der Waals surface area contributed by atoms with E-state index in [4.69, 9.17) is 4.74 Å². The number of hydrogen-bond acceptors (Lipinski definition) is 6. The Morgan fingerprint density at radius 3 is 1.97 bits per heavy atom. The van der Waals surface area contributed by atoms with Crippen LogP contribution in [0.4, 0.5) is 22.0 Å². The molecule has 1 heterocycles. The van der Waals surface area contributed by atoms with Crippen molar-refractivity contribution in [2.45, 2.75) is 47.4 Å². The van der Waals surface area contributed by atoms with Crippen LogP contribution < -0.4 is 5.48 Å². The molecule has 0 saturated carbocycles. The SMILES string of the molecule is COCCN1CCC(C(=O)NO)(S(=O)(=O)c2ccc(-c3ccc(CCC(F)(F)C(F)(F)F)cc3)cc2)CC1.Cl. The molecule has 1 fully saturated rings. The number of hydroxylamine groups is 1. The maximum absolute atomic E-state index is 13.6. The molecule has 218 valence electrons. The van der Waals surface area contributed by atoms with Crippen molar-refractivity contribution in [2.75, 3.05) is 33.4 Å². The molecule has 0 spiro atoms. The standard InChI is InChI=1S/C25H29F5N2O5S.ClH/c1-37-17-16-32-14-12-23(13-15-32,22(33)31-34)38(35,36)21-8-6-20(7-9-21)19-4-2-18(3-5-19)10-11-24(26,27)25(28,29)30;/h2-9,34H,10-17H2,1H3,(H,31,33);1H. The average molecular weight is 601 g/mol. The van der Waals surface area contributed by atoms with Crippen molar-refractivity contribution in [1.29, 1.82) is 0 Å². The van der Waals surface area contributed by atoms with Gasteiger partial charge in [-0.05, 0) is 48.1 Å². The van der Waals surface area contributed by atoms with Gasteiger partial charge in [0.15, 0.2) is 14.6 Å². The number of carbonyl (C=O) groups is 1. The number of ether oxygens (including phenoxy) is 1. The molecule has 14 heteroatoms. The highest BCUT2D eigenvalue weighted by atomic mass is 35.5. The molecule has 1 amide bonds. The van der Waals surface area contributed by atoms with Crippen molar-refractivity contribution in [3.05, 3.63) is 54.1 Å². The lowest BCUT2D eigenvalue weighted by molar-refractivity contribution is -0.284. The fraction of sp³-hybridized carbons (Fsp3) is 0.480. The topological polar surface area (TPSA) is 95.9 Å². The first-order valence-corrected chi connectivity index (χ1v) is 13.3. The Labute approximate surface area is 229 Å². The number of rotatable bonds is 10. The van der Waals surface area contributed by atoms with Crippen LogP contribution in [0.15, 0.2) is 53.4 Å². The Hall–Kier alpha value is -2.32. The monoisotopic (exact) mass is 600 g/mol. The lowest BCUT2D eigenvalue weighted by Gasteiger charge is -2.39. The number of likely N-dealkylation sites (tertiary alicyclic amines) is 1. The highest BCUT2D eigenvalue weighted by Crippen LogP contribution is 2.39. The van der Waals surface area contributed by atoms with E-state index < -0.39 is 45.4 Å². The lowest BCUT2D eigenvalue weighted by Crippen LogP contribution is -2.58. The molecule has 1 aliphatic rings. The van der Waals surface area contributed by atoms with Gasteiger partial charge in [0, 0.05) is 33.2 Å². The second-order valence-electron chi connectivity index (χ2n) is 9.20. The van der Waals surface area contributed by atoms with E-state index >= 15 is 0 Å². The zero-order chi connectivity index (χ0) is 28.2. The summed E-state index contributed by atoms with van der Waals surface area (Å²) in [6, 6.07) is 11.7. The molecule has 39 heavy (non-hydrogen) atoms. The van der Waals surface area contributed by atoms with E-state index in [-0.39, 0.29) is 30.1 Å². The van der Waals surface area contributed by atoms with Gasteiger partial charge in [0.05, 0.1) is 11.5 Å². The Balaban J connectivity index is 0.00000533. The van der Waals surface area contributed by atoms with Gasteiger partial charge < -0.3 is 9.64 Å². The van der Waals surface area contributed by atoms with Crippen molar-refractivity contribution in [2.24, 2.45) is 0 Å². The molecule has 2 aromatic carbocycles. The first-order valence-electron chi connectivity index (χ1n) is 11.8. The van der Waals surface area contributed by atoms with Crippen LogP contribution in [0.25, 0.3) is 11.1 Å². The zero-order valence-corrected chi connectivity index (χ0v) is 22.6. The Bertz CT molecular complexity index is 1200. The minimum Gasteiger partial charge on any atom is -0.383 e. The number of halogens is 6. The highest BCUT2D eigenvalue weighted by molar-refractivity contribution is 7.93. The molecule has 1 saturated heterocycles. The third-order valence-electron chi connectivity index (χ3n) is 6.90. The van der Waals surface area contributed by atoms with Crippen LogP contribution in [0.2, 0.25) is 0 Å². The zero-order valence-electron chi connectivity index (χ0n) is 21.0. The summed E-state index contributed by atoms with van der Waals surface area (Å²) >= 11 is 0. The van der Waals surface area contributed by atoms with Crippen LogP contribution in [0, 0.1) is 0 Å². The molecular formula is C25H30ClF5N2O5S. The first-order chi connectivity index (χ1) is 17.8. The van der Waals surface area contributed by atoms with Gasteiger partial charge in [-0.3, -0.25) is 10.0 Å². The molecule has 0 unspecified atom stereocenters. The Morgan fingerprint density at radius 2 is 1.51 bits per heavy atom. The van der Waals surface area contributed by atoms with E-state index in [0.717, 1.165) is 0 Å². The van der Waals surface area contributed by atoms with Gasteiger partial charge >= 0.3 is 12.1 Å². The lowest BCUT2D eigenvalue weighted by atomic mass is 9.95. The smallest absolute Gasteiger partial charge is 0.383 e. The Morgan fingerprint density at radius 1 is 1.00 bits per heavy atom. The van der Waals surface area contributed by atoms with Crippen LogP contribution in [0.3, 0.4) is 0 Å².